The van der Waals surface area contributed by atoms with Crippen molar-refractivity contribution in [2.24, 2.45) is 0 Å². The lowest BCUT2D eigenvalue weighted by Gasteiger charge is -2.19. The first-order chi connectivity index (χ1) is 18.3. The minimum absolute atomic E-state index is 0.0270. The molecule has 0 bridgehead atoms. The van der Waals surface area contributed by atoms with Crippen molar-refractivity contribution >= 4 is 5.97 Å². The molecule has 6 heterocycles. The van der Waals surface area contributed by atoms with Crippen LogP contribution in [0.15, 0.2) is 36.6 Å². The average molecular weight is 539 g/mol. The highest BCUT2D eigenvalue weighted by atomic mass is 16.7. The van der Waals surface area contributed by atoms with Crippen LogP contribution in [0.2, 0.25) is 0 Å². The number of carbonyl (C=O) groups excluding carboxylic acids is 1. The molecule has 0 aromatic carbocycles. The highest BCUT2D eigenvalue weighted by Gasteiger charge is 2.51. The van der Waals surface area contributed by atoms with E-state index in [1.54, 1.807) is 6.92 Å². The maximum absolute atomic E-state index is 11.5. The maximum Gasteiger partial charge on any atom is 0.333 e. The van der Waals surface area contributed by atoms with Gasteiger partial charge < -0.3 is 47.4 Å². The SMILES string of the molecule is C=C(C)C(=C)O[C@H]1CO[C@H]2[C@@H]1OC[C@H]2OCC1CO1.C=C(C)C(=O)O[C@@H]1CO[C@H]2[C@@H]1OC[C@@H]2OCC1CO1. The van der Waals surface area contributed by atoms with E-state index in [-0.39, 0.29) is 61.0 Å². The minimum Gasteiger partial charge on any atom is -0.486 e. The van der Waals surface area contributed by atoms with Gasteiger partial charge in [0, 0.05) is 5.57 Å². The number of hydrogen-bond acceptors (Lipinski definition) is 11. The Kier molecular flexibility index (Phi) is 8.85. The molecule has 6 aliphatic rings. The first kappa shape index (κ1) is 27.7. The lowest BCUT2D eigenvalue weighted by atomic mass is 10.1. The number of esters is 1. The van der Waals surface area contributed by atoms with Gasteiger partial charge >= 0.3 is 5.97 Å². The summed E-state index contributed by atoms with van der Waals surface area (Å²) in [5.74, 6) is 0.183. The Labute approximate surface area is 222 Å². The van der Waals surface area contributed by atoms with Crippen LogP contribution in [-0.2, 0) is 52.2 Å². The summed E-state index contributed by atoms with van der Waals surface area (Å²) in [6.45, 7) is 19.3. The molecule has 6 fully saturated rings. The quantitative estimate of drug-likeness (QED) is 0.124. The fraction of sp³-hybridized carbons (Fsp3) is 0.741. The van der Waals surface area contributed by atoms with Crippen molar-refractivity contribution in [2.45, 2.75) is 74.9 Å². The van der Waals surface area contributed by atoms with Crippen molar-refractivity contribution in [3.63, 3.8) is 0 Å². The van der Waals surface area contributed by atoms with Crippen molar-refractivity contribution in [2.75, 3.05) is 52.9 Å². The monoisotopic (exact) mass is 538 g/mol. The molecule has 11 heteroatoms. The van der Waals surface area contributed by atoms with E-state index in [4.69, 9.17) is 47.4 Å². The van der Waals surface area contributed by atoms with Crippen LogP contribution in [0.25, 0.3) is 0 Å². The first-order valence-electron chi connectivity index (χ1n) is 13.1. The van der Waals surface area contributed by atoms with Gasteiger partial charge in [0.15, 0.2) is 12.2 Å². The van der Waals surface area contributed by atoms with Crippen LogP contribution in [0.5, 0.6) is 0 Å². The minimum atomic E-state index is -0.409. The second kappa shape index (κ2) is 12.1. The number of fused-ring (bicyclic) bond motifs is 2. The zero-order valence-electron chi connectivity index (χ0n) is 22.0. The third-order valence-electron chi connectivity index (χ3n) is 7.10. The number of ether oxygens (including phenoxy) is 10. The molecule has 10 atom stereocenters. The van der Waals surface area contributed by atoms with Crippen molar-refractivity contribution in [1.82, 2.24) is 0 Å². The van der Waals surface area contributed by atoms with Gasteiger partial charge in [-0.1, -0.05) is 19.7 Å². The Bertz CT molecular complexity index is 825. The molecule has 0 spiro atoms. The fourth-order valence-electron chi connectivity index (χ4n) is 4.66. The fourth-order valence-corrected chi connectivity index (χ4v) is 4.66. The van der Waals surface area contributed by atoms with Gasteiger partial charge in [0.05, 0.1) is 52.9 Å². The van der Waals surface area contributed by atoms with Gasteiger partial charge in [-0.15, -0.1) is 0 Å². The summed E-state index contributed by atoms with van der Waals surface area (Å²) in [5.41, 5.74) is 1.19. The van der Waals surface area contributed by atoms with Gasteiger partial charge in [0.1, 0.15) is 54.6 Å². The smallest absolute Gasteiger partial charge is 0.333 e. The van der Waals surface area contributed by atoms with E-state index < -0.39 is 5.97 Å². The standard InChI is InChI=1S/C14H20O5.C13H18O6/c1-8(2)9(3)19-12-7-18-13-11(6-17-14(12)13)16-5-10-4-15-10;1-7(2)13(14)19-10-6-18-11-9(5-17-12(10)11)16-4-8-3-15-8/h10-14H,1,3-7H2,2H3;8-12H,1,3-6H2,2H3/t10?,11-,12+,13-,14-;8?,9-,10+,11+,12+/m10/s1. The van der Waals surface area contributed by atoms with Crippen LogP contribution in [0.4, 0.5) is 0 Å². The Morgan fingerprint density at radius 2 is 1.00 bits per heavy atom. The van der Waals surface area contributed by atoms with E-state index in [1.807, 2.05) is 6.92 Å². The summed E-state index contributed by atoms with van der Waals surface area (Å²) in [7, 11) is 0. The summed E-state index contributed by atoms with van der Waals surface area (Å²) in [6, 6.07) is 0. The molecule has 0 aromatic heterocycles. The molecule has 212 valence electrons. The second-order valence-electron chi connectivity index (χ2n) is 10.4. The molecule has 0 amide bonds. The lowest BCUT2D eigenvalue weighted by molar-refractivity contribution is -0.149. The van der Waals surface area contributed by atoms with Gasteiger partial charge in [-0.25, -0.2) is 4.79 Å². The Hall–Kier alpha value is -1.83. The largest absolute Gasteiger partial charge is 0.486 e. The van der Waals surface area contributed by atoms with Gasteiger partial charge in [0.2, 0.25) is 0 Å². The average Bonchev–Trinajstić information content (AvgIpc) is 3.72. The summed E-state index contributed by atoms with van der Waals surface area (Å²) in [5, 5.41) is 0. The van der Waals surface area contributed by atoms with Crippen molar-refractivity contribution in [3.8, 4) is 0 Å². The van der Waals surface area contributed by atoms with E-state index >= 15 is 0 Å². The molecule has 0 aliphatic carbocycles. The molecule has 6 rings (SSSR count). The van der Waals surface area contributed by atoms with Gasteiger partial charge in [-0.3, -0.25) is 0 Å². The van der Waals surface area contributed by atoms with E-state index in [0.29, 0.717) is 51.0 Å². The van der Waals surface area contributed by atoms with Crippen LogP contribution in [-0.4, -0.2) is 120 Å². The summed E-state index contributed by atoms with van der Waals surface area (Å²) < 4.78 is 55.5. The molecule has 0 radical (unpaired) electrons. The van der Waals surface area contributed by atoms with Gasteiger partial charge in [-0.05, 0) is 19.4 Å². The summed E-state index contributed by atoms with van der Waals surface area (Å²) in [4.78, 5) is 11.5. The normalized spacial score (nSPS) is 39.9. The number of rotatable bonds is 11. The molecule has 0 aromatic rings. The molecule has 6 saturated heterocycles. The van der Waals surface area contributed by atoms with Crippen molar-refractivity contribution in [3.05, 3.63) is 36.6 Å². The molecule has 11 nitrogen and oxygen atoms in total. The topological polar surface area (TPSA) is 116 Å². The highest BCUT2D eigenvalue weighted by Crippen LogP contribution is 2.33. The maximum atomic E-state index is 11.5. The zero-order valence-corrected chi connectivity index (χ0v) is 22.0. The van der Waals surface area contributed by atoms with E-state index in [2.05, 4.69) is 19.7 Å². The van der Waals surface area contributed by atoms with Crippen LogP contribution in [0, 0.1) is 0 Å². The predicted octanol–water partition coefficient (Wildman–Crippen LogP) is 1.10. The van der Waals surface area contributed by atoms with E-state index in [9.17, 15) is 4.79 Å². The Balaban J connectivity index is 0.000000155. The van der Waals surface area contributed by atoms with E-state index in [1.165, 1.54) is 0 Å². The van der Waals surface area contributed by atoms with Gasteiger partial charge in [0.25, 0.3) is 0 Å². The van der Waals surface area contributed by atoms with Crippen molar-refractivity contribution in [1.29, 1.82) is 0 Å². The third-order valence-corrected chi connectivity index (χ3v) is 7.10. The molecule has 0 N–H and O–H groups in total. The number of allylic oxidation sites excluding steroid dienone is 1. The highest BCUT2D eigenvalue weighted by molar-refractivity contribution is 5.87. The number of carbonyl (C=O) groups is 1. The van der Waals surface area contributed by atoms with Crippen molar-refractivity contribution < 1.29 is 52.2 Å². The lowest BCUT2D eigenvalue weighted by Crippen LogP contribution is -2.35. The second-order valence-corrected chi connectivity index (χ2v) is 10.4. The first-order valence-corrected chi connectivity index (χ1v) is 13.1. The number of epoxide rings is 2. The summed E-state index contributed by atoms with van der Waals surface area (Å²) in [6.07, 6.45) is -0.699. The molecular weight excluding hydrogens is 500 g/mol. The summed E-state index contributed by atoms with van der Waals surface area (Å²) >= 11 is 0. The number of hydrogen-bond donors (Lipinski definition) is 0. The molecule has 6 aliphatic heterocycles. The molecule has 0 saturated carbocycles. The Morgan fingerprint density at radius 3 is 1.39 bits per heavy atom. The molecular formula is C27H38O11. The van der Waals surface area contributed by atoms with Crippen LogP contribution < -0.4 is 0 Å². The molecule has 2 unspecified atom stereocenters. The van der Waals surface area contributed by atoms with Crippen LogP contribution >= 0.6 is 0 Å². The zero-order chi connectivity index (χ0) is 26.8. The third kappa shape index (κ3) is 6.83. The van der Waals surface area contributed by atoms with Crippen LogP contribution in [0.1, 0.15) is 13.8 Å². The predicted molar refractivity (Wildman–Crippen MR) is 131 cm³/mol. The molecule has 38 heavy (non-hydrogen) atoms. The Morgan fingerprint density at radius 1 is 0.605 bits per heavy atom. The van der Waals surface area contributed by atoms with Crippen LogP contribution in [0.3, 0.4) is 0 Å². The van der Waals surface area contributed by atoms with E-state index in [0.717, 1.165) is 18.8 Å². The van der Waals surface area contributed by atoms with Gasteiger partial charge in [-0.2, -0.15) is 0 Å².